The molecule has 7 heteroatoms. The second-order valence-corrected chi connectivity index (χ2v) is 6.77. The number of rotatable bonds is 3. The molecule has 0 aliphatic rings. The Hall–Kier alpha value is -2.54. The van der Waals surface area contributed by atoms with Crippen LogP contribution in [0.5, 0.6) is 0 Å². The van der Waals surface area contributed by atoms with Crippen molar-refractivity contribution < 1.29 is 9.18 Å². The van der Waals surface area contributed by atoms with Crippen molar-refractivity contribution >= 4 is 22.2 Å². The van der Waals surface area contributed by atoms with E-state index in [4.69, 9.17) is 0 Å². The maximum absolute atomic E-state index is 13.0. The first-order valence-electron chi connectivity index (χ1n) is 7.42. The Morgan fingerprint density at radius 1 is 1.29 bits per heavy atom. The van der Waals surface area contributed by atoms with Crippen molar-refractivity contribution in [1.29, 1.82) is 0 Å². The largest absolute Gasteiger partial charge is 0.345 e. The van der Waals surface area contributed by atoms with Gasteiger partial charge in [-0.15, -0.1) is 11.3 Å². The van der Waals surface area contributed by atoms with Crippen molar-refractivity contribution in [2.24, 2.45) is 0 Å². The third kappa shape index (κ3) is 2.82. The predicted octanol–water partition coefficient (Wildman–Crippen LogP) is 3.00. The summed E-state index contributed by atoms with van der Waals surface area (Å²) >= 11 is 1.41. The van der Waals surface area contributed by atoms with Gasteiger partial charge in [-0.1, -0.05) is 12.1 Å². The number of halogens is 1. The van der Waals surface area contributed by atoms with E-state index in [9.17, 15) is 14.0 Å². The van der Waals surface area contributed by atoms with E-state index in [2.05, 4.69) is 10.3 Å². The van der Waals surface area contributed by atoms with E-state index in [1.165, 1.54) is 34.1 Å². The molecule has 0 aliphatic carbocycles. The van der Waals surface area contributed by atoms with E-state index in [0.29, 0.717) is 4.96 Å². The average molecular weight is 345 g/mol. The van der Waals surface area contributed by atoms with Crippen LogP contribution >= 0.6 is 11.3 Å². The standard InChI is InChI=1S/C17H16FN3O2S/c1-9(12-4-6-13(18)7-5-12)20-15(22)14-8-19-17-21(16(14)23)10(2)11(3)24-17/h4-9H,1-3H3,(H,20,22)/t9-/m0/s1. The number of carbonyl (C=O) groups excluding carboxylic acids is 1. The Morgan fingerprint density at radius 3 is 2.62 bits per heavy atom. The van der Waals surface area contributed by atoms with E-state index < -0.39 is 5.91 Å². The van der Waals surface area contributed by atoms with Gasteiger partial charge >= 0.3 is 0 Å². The lowest BCUT2D eigenvalue weighted by Crippen LogP contribution is -2.33. The highest BCUT2D eigenvalue weighted by Gasteiger charge is 2.18. The molecule has 0 saturated heterocycles. The maximum Gasteiger partial charge on any atom is 0.271 e. The molecule has 24 heavy (non-hydrogen) atoms. The molecule has 1 aromatic carbocycles. The first-order chi connectivity index (χ1) is 11.4. The summed E-state index contributed by atoms with van der Waals surface area (Å²) in [6, 6.07) is 5.50. The molecule has 0 bridgehead atoms. The molecule has 0 unspecified atom stereocenters. The Morgan fingerprint density at radius 2 is 1.96 bits per heavy atom. The van der Waals surface area contributed by atoms with Crippen molar-refractivity contribution in [2.45, 2.75) is 26.8 Å². The molecule has 0 saturated carbocycles. The molecule has 3 aromatic rings. The Bertz CT molecular complexity index is 976. The SMILES string of the molecule is Cc1sc2ncc(C(=O)N[C@@H](C)c3ccc(F)cc3)c(=O)n2c1C. The molecule has 0 radical (unpaired) electrons. The zero-order valence-electron chi connectivity index (χ0n) is 13.5. The van der Waals surface area contributed by atoms with Crippen molar-refractivity contribution in [2.75, 3.05) is 0 Å². The van der Waals surface area contributed by atoms with E-state index in [1.807, 2.05) is 13.8 Å². The average Bonchev–Trinajstić information content (AvgIpc) is 2.83. The molecule has 2 aromatic heterocycles. The van der Waals surface area contributed by atoms with Crippen LogP contribution in [0.1, 0.15) is 39.5 Å². The quantitative estimate of drug-likeness (QED) is 0.794. The number of nitrogens with one attached hydrogen (secondary N) is 1. The van der Waals surface area contributed by atoms with Gasteiger partial charge < -0.3 is 5.32 Å². The molecule has 2 heterocycles. The van der Waals surface area contributed by atoms with Gasteiger partial charge in [-0.25, -0.2) is 9.37 Å². The second kappa shape index (κ2) is 6.16. The van der Waals surface area contributed by atoms with Crippen LogP contribution in [0.25, 0.3) is 4.96 Å². The topological polar surface area (TPSA) is 63.5 Å². The summed E-state index contributed by atoms with van der Waals surface area (Å²) in [6.45, 7) is 5.50. The smallest absolute Gasteiger partial charge is 0.271 e. The Labute approximate surface area is 141 Å². The fraction of sp³-hybridized carbons (Fsp3) is 0.235. The molecule has 5 nitrogen and oxygen atoms in total. The number of carbonyl (C=O) groups is 1. The number of hydrogen-bond acceptors (Lipinski definition) is 4. The monoisotopic (exact) mass is 345 g/mol. The summed E-state index contributed by atoms with van der Waals surface area (Å²) in [5.41, 5.74) is 1.14. The molecule has 1 atom stereocenters. The molecule has 1 N–H and O–H groups in total. The summed E-state index contributed by atoms with van der Waals surface area (Å²) < 4.78 is 14.4. The van der Waals surface area contributed by atoms with Gasteiger partial charge in [-0.2, -0.15) is 0 Å². The minimum absolute atomic E-state index is 0.0117. The predicted molar refractivity (Wildman–Crippen MR) is 91.1 cm³/mol. The number of aryl methyl sites for hydroxylation is 2. The molecule has 124 valence electrons. The van der Waals surface area contributed by atoms with Crippen molar-refractivity contribution in [3.63, 3.8) is 0 Å². The highest BCUT2D eigenvalue weighted by Crippen LogP contribution is 2.18. The number of hydrogen-bond donors (Lipinski definition) is 1. The number of amides is 1. The summed E-state index contributed by atoms with van der Waals surface area (Å²) in [4.78, 5) is 30.8. The van der Waals surface area contributed by atoms with E-state index in [-0.39, 0.29) is 23.0 Å². The molecular weight excluding hydrogens is 329 g/mol. The zero-order chi connectivity index (χ0) is 17.4. The number of aromatic nitrogens is 2. The van der Waals surface area contributed by atoms with Crippen LogP contribution in [0, 0.1) is 19.7 Å². The van der Waals surface area contributed by atoms with Gasteiger partial charge in [-0.3, -0.25) is 14.0 Å². The van der Waals surface area contributed by atoms with E-state index >= 15 is 0 Å². The Kier molecular flexibility index (Phi) is 4.19. The van der Waals surface area contributed by atoms with Crippen LogP contribution in [0.4, 0.5) is 4.39 Å². The number of nitrogens with zero attached hydrogens (tertiary/aromatic N) is 2. The third-order valence-electron chi connectivity index (χ3n) is 3.98. The summed E-state index contributed by atoms with van der Waals surface area (Å²) in [6.07, 6.45) is 1.31. The van der Waals surface area contributed by atoms with E-state index in [1.54, 1.807) is 19.1 Å². The molecule has 3 rings (SSSR count). The van der Waals surface area contributed by atoms with Crippen LogP contribution in [0.2, 0.25) is 0 Å². The highest BCUT2D eigenvalue weighted by molar-refractivity contribution is 7.17. The van der Waals surface area contributed by atoms with Crippen LogP contribution in [-0.2, 0) is 0 Å². The van der Waals surface area contributed by atoms with Gasteiger partial charge in [0, 0.05) is 16.8 Å². The van der Waals surface area contributed by atoms with Gasteiger partial charge in [0.25, 0.3) is 11.5 Å². The first-order valence-corrected chi connectivity index (χ1v) is 8.24. The molecule has 0 aliphatic heterocycles. The normalized spacial score (nSPS) is 12.3. The molecule has 1 amide bonds. The lowest BCUT2D eigenvalue weighted by atomic mass is 10.1. The highest BCUT2D eigenvalue weighted by atomic mass is 32.1. The van der Waals surface area contributed by atoms with Gasteiger partial charge in [0.1, 0.15) is 11.4 Å². The molecule has 0 fully saturated rings. The van der Waals surface area contributed by atoms with Crippen molar-refractivity contribution in [3.05, 3.63) is 68.3 Å². The van der Waals surface area contributed by atoms with Gasteiger partial charge in [0.05, 0.1) is 6.04 Å². The fourth-order valence-corrected chi connectivity index (χ4v) is 3.37. The maximum atomic E-state index is 13.0. The van der Waals surface area contributed by atoms with Crippen LogP contribution in [-0.4, -0.2) is 15.3 Å². The molecular formula is C17H16FN3O2S. The number of fused-ring (bicyclic) bond motifs is 1. The third-order valence-corrected chi connectivity index (χ3v) is 5.05. The first kappa shape index (κ1) is 16.3. The summed E-state index contributed by atoms with van der Waals surface area (Å²) in [7, 11) is 0. The summed E-state index contributed by atoms with van der Waals surface area (Å²) in [5, 5.41) is 2.75. The molecule has 0 spiro atoms. The minimum Gasteiger partial charge on any atom is -0.345 e. The lowest BCUT2D eigenvalue weighted by Gasteiger charge is -2.14. The van der Waals surface area contributed by atoms with Crippen LogP contribution in [0.3, 0.4) is 0 Å². The number of thiazole rings is 1. The van der Waals surface area contributed by atoms with Crippen LogP contribution in [0.15, 0.2) is 35.3 Å². The fourth-order valence-electron chi connectivity index (χ4n) is 2.44. The minimum atomic E-state index is -0.498. The van der Waals surface area contributed by atoms with Crippen molar-refractivity contribution in [3.8, 4) is 0 Å². The second-order valence-electron chi connectivity index (χ2n) is 5.59. The van der Waals surface area contributed by atoms with Gasteiger partial charge in [0.15, 0.2) is 4.96 Å². The lowest BCUT2D eigenvalue weighted by molar-refractivity contribution is 0.0938. The van der Waals surface area contributed by atoms with E-state index in [0.717, 1.165) is 16.1 Å². The van der Waals surface area contributed by atoms with Crippen molar-refractivity contribution in [1.82, 2.24) is 14.7 Å². The van der Waals surface area contributed by atoms with Gasteiger partial charge in [-0.05, 0) is 38.5 Å². The zero-order valence-corrected chi connectivity index (χ0v) is 14.3. The van der Waals surface area contributed by atoms with Gasteiger partial charge in [0.2, 0.25) is 0 Å². The summed E-state index contributed by atoms with van der Waals surface area (Å²) in [5.74, 6) is -0.838. The number of benzene rings is 1. The van der Waals surface area contributed by atoms with Crippen LogP contribution < -0.4 is 10.9 Å². The Balaban J connectivity index is 1.91.